The molecule has 1 fully saturated rings. The van der Waals surface area contributed by atoms with Crippen LogP contribution in [0.1, 0.15) is 29.5 Å². The van der Waals surface area contributed by atoms with E-state index in [-0.39, 0.29) is 44.9 Å². The smallest absolute Gasteiger partial charge is 0.339 e. The molecule has 1 aliphatic heterocycles. The fraction of sp³-hybridized carbons (Fsp3) is 0.154. The Kier molecular flexibility index (Phi) is 8.28. The fourth-order valence-corrected chi connectivity index (χ4v) is 4.42. The van der Waals surface area contributed by atoms with Crippen LogP contribution in [0.4, 0.5) is 19.3 Å². The van der Waals surface area contributed by atoms with E-state index in [0.29, 0.717) is 18.2 Å². The lowest BCUT2D eigenvalue weighted by Crippen LogP contribution is -2.36. The highest BCUT2D eigenvalue weighted by Crippen LogP contribution is 2.34. The summed E-state index contributed by atoms with van der Waals surface area (Å²) in [7, 11) is 0. The van der Waals surface area contributed by atoms with Crippen molar-refractivity contribution in [2.75, 3.05) is 18.5 Å². The van der Waals surface area contributed by atoms with Crippen molar-refractivity contribution in [2.45, 2.75) is 13.3 Å². The molecule has 4 rings (SSSR count). The molecule has 2 aromatic carbocycles. The molecule has 0 aliphatic carbocycles. The van der Waals surface area contributed by atoms with Crippen LogP contribution in [-0.2, 0) is 14.3 Å². The molecule has 1 aliphatic rings. The Morgan fingerprint density at radius 3 is 2.66 bits per heavy atom. The van der Waals surface area contributed by atoms with Gasteiger partial charge in [-0.15, -0.1) is 0 Å². The Balaban J connectivity index is 1.43. The van der Waals surface area contributed by atoms with Gasteiger partial charge in [0.15, 0.2) is 0 Å². The van der Waals surface area contributed by atoms with Gasteiger partial charge in [-0.2, -0.15) is 0 Å². The number of halogens is 3. The van der Waals surface area contributed by atoms with Crippen LogP contribution in [-0.4, -0.2) is 41.1 Å². The largest absolute Gasteiger partial charge is 0.462 e. The van der Waals surface area contributed by atoms with Crippen molar-refractivity contribution in [3.05, 3.63) is 81.4 Å². The van der Waals surface area contributed by atoms with Gasteiger partial charge >= 0.3 is 5.97 Å². The minimum Gasteiger partial charge on any atom is -0.462 e. The average Bonchev–Trinajstić information content (AvgIpc) is 3.43. The number of imide groups is 1. The number of esters is 1. The molecule has 3 aromatic rings. The molecule has 3 amide bonds. The molecule has 0 radical (unpaired) electrons. The molecule has 0 saturated carbocycles. The zero-order valence-electron chi connectivity index (χ0n) is 19.8. The van der Waals surface area contributed by atoms with Crippen molar-refractivity contribution in [3.63, 3.8) is 0 Å². The van der Waals surface area contributed by atoms with E-state index in [1.807, 2.05) is 6.92 Å². The van der Waals surface area contributed by atoms with Gasteiger partial charge in [-0.05, 0) is 60.6 Å². The maximum absolute atomic E-state index is 14.0. The van der Waals surface area contributed by atoms with Crippen molar-refractivity contribution in [1.82, 2.24) is 4.90 Å². The van der Waals surface area contributed by atoms with E-state index >= 15 is 0 Å². The first-order valence-corrected chi connectivity index (χ1v) is 12.4. The molecule has 1 N–H and O–H groups in total. The molecule has 0 bridgehead atoms. The van der Waals surface area contributed by atoms with Gasteiger partial charge in [0.1, 0.15) is 29.7 Å². The Hall–Kier alpha value is -3.96. The number of rotatable bonds is 8. The third-order valence-electron chi connectivity index (χ3n) is 5.18. The molecule has 1 saturated heterocycles. The van der Waals surface area contributed by atoms with Gasteiger partial charge in [-0.25, -0.2) is 13.6 Å². The average molecular weight is 561 g/mol. The molecular formula is C26H19ClF2N2O6S. The van der Waals surface area contributed by atoms with Crippen LogP contribution in [0, 0.1) is 11.6 Å². The highest BCUT2D eigenvalue weighted by Gasteiger charge is 2.36. The standard InChI is InChI=1S/C26H19ClF2N2O6S/c1-2-9-36-25(34)18-11-15(4-7-19(18)27)30-23(32)13-31-24(33)22(38-26(31)35)12-16-5-8-21(37-16)17-6-3-14(28)10-20(17)29/h3-8,10-12H,2,9,13H2,1H3,(H,30,32)/b22-12+. The summed E-state index contributed by atoms with van der Waals surface area (Å²) >= 11 is 6.66. The number of benzene rings is 2. The van der Waals surface area contributed by atoms with E-state index in [4.69, 9.17) is 20.8 Å². The molecule has 38 heavy (non-hydrogen) atoms. The summed E-state index contributed by atoms with van der Waals surface area (Å²) in [5.41, 5.74) is 0.312. The normalized spacial score (nSPS) is 14.3. The molecule has 0 unspecified atom stereocenters. The van der Waals surface area contributed by atoms with E-state index in [1.54, 1.807) is 0 Å². The number of hydrogen-bond donors (Lipinski definition) is 1. The lowest BCUT2D eigenvalue weighted by atomic mass is 10.1. The van der Waals surface area contributed by atoms with E-state index in [2.05, 4.69) is 5.32 Å². The molecule has 8 nitrogen and oxygen atoms in total. The number of nitrogens with zero attached hydrogens (tertiary/aromatic N) is 1. The zero-order valence-corrected chi connectivity index (χ0v) is 21.3. The summed E-state index contributed by atoms with van der Waals surface area (Å²) in [5, 5.41) is 1.99. The number of amides is 3. The highest BCUT2D eigenvalue weighted by atomic mass is 35.5. The van der Waals surface area contributed by atoms with Crippen LogP contribution >= 0.6 is 23.4 Å². The molecular weight excluding hydrogens is 542 g/mol. The monoisotopic (exact) mass is 560 g/mol. The maximum atomic E-state index is 14.0. The molecule has 196 valence electrons. The topological polar surface area (TPSA) is 106 Å². The number of thioether (sulfide) groups is 1. The molecule has 0 spiro atoms. The summed E-state index contributed by atoms with van der Waals surface area (Å²) < 4.78 is 37.8. The van der Waals surface area contributed by atoms with E-state index in [1.165, 1.54) is 42.5 Å². The Morgan fingerprint density at radius 1 is 1.13 bits per heavy atom. The van der Waals surface area contributed by atoms with Gasteiger partial charge in [-0.1, -0.05) is 18.5 Å². The number of hydrogen-bond acceptors (Lipinski definition) is 7. The van der Waals surface area contributed by atoms with Crippen molar-refractivity contribution in [3.8, 4) is 11.3 Å². The van der Waals surface area contributed by atoms with Gasteiger partial charge in [-0.3, -0.25) is 19.3 Å². The number of nitrogens with one attached hydrogen (secondary N) is 1. The van der Waals surface area contributed by atoms with Gasteiger partial charge < -0.3 is 14.5 Å². The minimum atomic E-state index is -0.817. The first-order valence-electron chi connectivity index (χ1n) is 11.2. The Bertz CT molecular complexity index is 1470. The van der Waals surface area contributed by atoms with Gasteiger partial charge in [0.2, 0.25) is 5.91 Å². The van der Waals surface area contributed by atoms with Crippen molar-refractivity contribution in [1.29, 1.82) is 0 Å². The summed E-state index contributed by atoms with van der Waals surface area (Å²) in [6.07, 6.45) is 1.92. The van der Waals surface area contributed by atoms with Crippen molar-refractivity contribution < 1.29 is 37.1 Å². The highest BCUT2D eigenvalue weighted by molar-refractivity contribution is 8.18. The lowest BCUT2D eigenvalue weighted by molar-refractivity contribution is -0.127. The summed E-state index contributed by atoms with van der Waals surface area (Å²) in [6.45, 7) is 1.47. The number of anilines is 1. The van der Waals surface area contributed by atoms with Crippen molar-refractivity contribution >= 4 is 58.1 Å². The first kappa shape index (κ1) is 27.1. The van der Waals surface area contributed by atoms with Crippen LogP contribution in [0.3, 0.4) is 0 Å². The zero-order chi connectivity index (χ0) is 27.4. The fourth-order valence-electron chi connectivity index (χ4n) is 3.41. The molecule has 12 heteroatoms. The predicted octanol–water partition coefficient (Wildman–Crippen LogP) is 6.12. The van der Waals surface area contributed by atoms with Gasteiger partial charge in [0.25, 0.3) is 11.1 Å². The van der Waals surface area contributed by atoms with Crippen LogP contribution in [0.25, 0.3) is 17.4 Å². The second-order valence-electron chi connectivity index (χ2n) is 7.97. The van der Waals surface area contributed by atoms with E-state index in [0.717, 1.165) is 17.0 Å². The number of carbonyl (C=O) groups excluding carboxylic acids is 4. The van der Waals surface area contributed by atoms with Gasteiger partial charge in [0.05, 0.1) is 27.7 Å². The second kappa shape index (κ2) is 11.6. The summed E-state index contributed by atoms with van der Waals surface area (Å²) in [4.78, 5) is 50.7. The van der Waals surface area contributed by atoms with E-state index < -0.39 is 41.2 Å². The Morgan fingerprint density at radius 2 is 1.92 bits per heavy atom. The number of carbonyl (C=O) groups is 4. The lowest BCUT2D eigenvalue weighted by Gasteiger charge is -2.13. The third kappa shape index (κ3) is 6.12. The minimum absolute atomic E-state index is 0.00396. The van der Waals surface area contributed by atoms with Crippen molar-refractivity contribution in [2.24, 2.45) is 0 Å². The molecule has 0 atom stereocenters. The van der Waals surface area contributed by atoms with Crippen LogP contribution < -0.4 is 5.32 Å². The summed E-state index contributed by atoms with van der Waals surface area (Å²) in [5.74, 6) is -3.34. The van der Waals surface area contributed by atoms with E-state index in [9.17, 15) is 28.0 Å². The third-order valence-corrected chi connectivity index (χ3v) is 6.42. The predicted molar refractivity (Wildman–Crippen MR) is 137 cm³/mol. The van der Waals surface area contributed by atoms with Crippen LogP contribution in [0.2, 0.25) is 5.02 Å². The molecule has 1 aromatic heterocycles. The first-order chi connectivity index (χ1) is 18.2. The SMILES string of the molecule is CCCOC(=O)c1cc(NC(=O)CN2C(=O)S/C(=C/c3ccc(-c4ccc(F)cc4F)o3)C2=O)ccc1Cl. The van der Waals surface area contributed by atoms with Crippen LogP contribution in [0.5, 0.6) is 0 Å². The quantitative estimate of drug-likeness (QED) is 0.261. The molecule has 2 heterocycles. The summed E-state index contributed by atoms with van der Waals surface area (Å²) in [6, 6.07) is 10.1. The van der Waals surface area contributed by atoms with Crippen LogP contribution in [0.15, 0.2) is 57.9 Å². The Labute approximate surface area is 224 Å². The second-order valence-corrected chi connectivity index (χ2v) is 9.37. The maximum Gasteiger partial charge on any atom is 0.339 e. The number of ether oxygens (including phenoxy) is 1. The number of furan rings is 1. The van der Waals surface area contributed by atoms with Gasteiger partial charge in [0, 0.05) is 17.8 Å².